The van der Waals surface area contributed by atoms with Crippen LogP contribution < -0.4 is 9.62 Å². The number of anilines is 1. The fraction of sp³-hybridized carbons (Fsp3) is 0.375. The number of amides is 2. The topological polar surface area (TPSA) is 86.8 Å². The Morgan fingerprint density at radius 1 is 0.875 bits per heavy atom. The van der Waals surface area contributed by atoms with Crippen molar-refractivity contribution in [2.45, 2.75) is 78.4 Å². The Bertz CT molecular complexity index is 1450. The summed E-state index contributed by atoms with van der Waals surface area (Å²) in [5.74, 6) is -0.720. The van der Waals surface area contributed by atoms with E-state index in [1.54, 1.807) is 36.4 Å². The van der Waals surface area contributed by atoms with Crippen molar-refractivity contribution >= 4 is 27.5 Å². The van der Waals surface area contributed by atoms with Crippen molar-refractivity contribution in [3.63, 3.8) is 0 Å². The van der Waals surface area contributed by atoms with Crippen LogP contribution in [0.4, 0.5) is 5.69 Å². The third-order valence-corrected chi connectivity index (χ3v) is 8.76. The molecule has 8 heteroatoms. The van der Waals surface area contributed by atoms with Crippen molar-refractivity contribution in [3.05, 3.63) is 94.5 Å². The number of benzene rings is 3. The van der Waals surface area contributed by atoms with Crippen LogP contribution in [-0.2, 0) is 26.2 Å². The molecule has 0 radical (unpaired) electrons. The van der Waals surface area contributed by atoms with E-state index in [1.807, 2.05) is 78.8 Å². The van der Waals surface area contributed by atoms with Gasteiger partial charge in [0.15, 0.2) is 0 Å². The molecule has 1 atom stereocenters. The first-order valence-electron chi connectivity index (χ1n) is 13.7. The van der Waals surface area contributed by atoms with Crippen LogP contribution in [0, 0.1) is 27.7 Å². The third-order valence-electron chi connectivity index (χ3n) is 6.98. The molecule has 0 aromatic heterocycles. The first kappa shape index (κ1) is 30.9. The Labute approximate surface area is 239 Å². The number of hydrogen-bond donors (Lipinski definition) is 1. The first-order chi connectivity index (χ1) is 18.8. The molecule has 3 aromatic carbocycles. The minimum absolute atomic E-state index is 0.0987. The molecule has 0 fully saturated rings. The van der Waals surface area contributed by atoms with Gasteiger partial charge in [-0.05, 0) is 82.9 Å². The molecule has 0 aliphatic carbocycles. The molecule has 0 heterocycles. The quantitative estimate of drug-likeness (QED) is 0.336. The number of nitrogens with one attached hydrogen (secondary N) is 1. The monoisotopic (exact) mass is 563 g/mol. The van der Waals surface area contributed by atoms with E-state index in [1.165, 1.54) is 9.21 Å². The molecule has 0 saturated heterocycles. The lowest BCUT2D eigenvalue weighted by Gasteiger charge is -2.34. The summed E-state index contributed by atoms with van der Waals surface area (Å²) in [6, 6.07) is 18.9. The summed E-state index contributed by atoms with van der Waals surface area (Å²) in [4.78, 5) is 29.0. The van der Waals surface area contributed by atoms with Crippen LogP contribution in [-0.4, -0.2) is 43.8 Å². The summed E-state index contributed by atoms with van der Waals surface area (Å²) in [7, 11) is -4.10. The Hall–Kier alpha value is -3.65. The molecule has 0 unspecified atom stereocenters. The van der Waals surface area contributed by atoms with Crippen molar-refractivity contribution < 1.29 is 18.0 Å². The molecular weight excluding hydrogens is 522 g/mol. The summed E-state index contributed by atoms with van der Waals surface area (Å²) in [6.45, 7) is 12.9. The van der Waals surface area contributed by atoms with E-state index in [0.717, 1.165) is 27.8 Å². The Kier molecular flexibility index (Phi) is 10.1. The van der Waals surface area contributed by atoms with Crippen molar-refractivity contribution in [2.75, 3.05) is 10.8 Å². The Morgan fingerprint density at radius 3 is 2.12 bits per heavy atom. The SMILES string of the molecule is CC[C@H](C(=O)NC(C)C)N(Cc1cccc(C)c1)C(=O)CN(c1cccc(C)c1C)S(=O)(=O)c1ccc(C)cc1. The van der Waals surface area contributed by atoms with E-state index >= 15 is 0 Å². The highest BCUT2D eigenvalue weighted by Gasteiger charge is 2.34. The number of sulfonamides is 1. The van der Waals surface area contributed by atoms with Gasteiger partial charge in [0.25, 0.3) is 10.0 Å². The predicted octanol–water partition coefficient (Wildman–Crippen LogP) is 5.45. The van der Waals surface area contributed by atoms with E-state index in [9.17, 15) is 18.0 Å². The Morgan fingerprint density at radius 2 is 1.52 bits per heavy atom. The molecule has 2 amide bonds. The summed E-state index contributed by atoms with van der Waals surface area (Å²) in [5, 5.41) is 2.92. The largest absolute Gasteiger partial charge is 0.352 e. The van der Waals surface area contributed by atoms with Crippen LogP contribution in [0.1, 0.15) is 55.0 Å². The molecule has 0 bridgehead atoms. The second kappa shape index (κ2) is 13.1. The van der Waals surface area contributed by atoms with Crippen LogP contribution in [0.15, 0.2) is 71.6 Å². The number of nitrogens with zero attached hydrogens (tertiary/aromatic N) is 2. The maximum absolute atomic E-state index is 14.2. The molecule has 0 saturated carbocycles. The summed E-state index contributed by atoms with van der Waals surface area (Å²) in [6.07, 6.45) is 0.379. The van der Waals surface area contributed by atoms with E-state index in [0.29, 0.717) is 12.1 Å². The van der Waals surface area contributed by atoms with Gasteiger partial charge in [0.2, 0.25) is 11.8 Å². The number of aryl methyl sites for hydroxylation is 3. The van der Waals surface area contributed by atoms with Gasteiger partial charge < -0.3 is 10.2 Å². The summed E-state index contributed by atoms with van der Waals surface area (Å²) < 4.78 is 29.3. The van der Waals surface area contributed by atoms with Crippen LogP contribution in [0.5, 0.6) is 0 Å². The highest BCUT2D eigenvalue weighted by atomic mass is 32.2. The number of carbonyl (C=O) groups excluding carboxylic acids is 2. The standard InChI is InChI=1S/C32H41N3O4S/c1-8-29(32(37)33-22(2)3)34(20-27-13-9-11-24(5)19-27)31(36)21-35(30-14-10-12-25(6)26(30)7)40(38,39)28-17-15-23(4)16-18-28/h9-19,22,29H,8,20-21H2,1-7H3,(H,33,37)/t29-/m1/s1. The smallest absolute Gasteiger partial charge is 0.264 e. The average molecular weight is 564 g/mol. The molecule has 0 aliphatic heterocycles. The molecule has 214 valence electrons. The molecule has 3 rings (SSSR count). The summed E-state index contributed by atoms with van der Waals surface area (Å²) in [5.41, 5.74) is 4.94. The normalized spacial score (nSPS) is 12.2. The average Bonchev–Trinajstić information content (AvgIpc) is 2.88. The van der Waals surface area contributed by atoms with Gasteiger partial charge in [-0.3, -0.25) is 13.9 Å². The van der Waals surface area contributed by atoms with Crippen molar-refractivity contribution in [2.24, 2.45) is 0 Å². The molecule has 7 nitrogen and oxygen atoms in total. The number of hydrogen-bond acceptors (Lipinski definition) is 4. The van der Waals surface area contributed by atoms with E-state index in [2.05, 4.69) is 5.32 Å². The van der Waals surface area contributed by atoms with E-state index < -0.39 is 28.5 Å². The van der Waals surface area contributed by atoms with Gasteiger partial charge in [-0.25, -0.2) is 8.42 Å². The fourth-order valence-corrected chi connectivity index (χ4v) is 6.14. The third kappa shape index (κ3) is 7.30. The first-order valence-corrected chi connectivity index (χ1v) is 15.1. The van der Waals surface area contributed by atoms with Gasteiger partial charge >= 0.3 is 0 Å². The maximum Gasteiger partial charge on any atom is 0.264 e. The van der Waals surface area contributed by atoms with Crippen LogP contribution in [0.25, 0.3) is 0 Å². The molecule has 0 spiro atoms. The van der Waals surface area contributed by atoms with Gasteiger partial charge in [0.05, 0.1) is 10.6 Å². The predicted molar refractivity (Wildman–Crippen MR) is 161 cm³/mol. The van der Waals surface area contributed by atoms with Crippen molar-refractivity contribution in [1.29, 1.82) is 0 Å². The highest BCUT2D eigenvalue weighted by molar-refractivity contribution is 7.92. The van der Waals surface area contributed by atoms with Crippen LogP contribution >= 0.6 is 0 Å². The highest BCUT2D eigenvalue weighted by Crippen LogP contribution is 2.29. The van der Waals surface area contributed by atoms with Gasteiger partial charge in [-0.15, -0.1) is 0 Å². The van der Waals surface area contributed by atoms with Gasteiger partial charge in [0, 0.05) is 12.6 Å². The zero-order chi connectivity index (χ0) is 29.6. The Balaban J connectivity index is 2.11. The molecule has 3 aromatic rings. The molecule has 0 aliphatic rings. The lowest BCUT2D eigenvalue weighted by atomic mass is 10.1. The van der Waals surface area contributed by atoms with E-state index in [-0.39, 0.29) is 23.4 Å². The molecular formula is C32H41N3O4S. The lowest BCUT2D eigenvalue weighted by Crippen LogP contribution is -2.53. The minimum atomic E-state index is -4.10. The van der Waals surface area contributed by atoms with Gasteiger partial charge in [-0.1, -0.05) is 66.6 Å². The molecule has 1 N–H and O–H groups in total. The number of carbonyl (C=O) groups is 2. The van der Waals surface area contributed by atoms with Crippen LogP contribution in [0.2, 0.25) is 0 Å². The minimum Gasteiger partial charge on any atom is -0.352 e. The van der Waals surface area contributed by atoms with Gasteiger partial charge in [0.1, 0.15) is 12.6 Å². The number of rotatable bonds is 11. The van der Waals surface area contributed by atoms with Crippen molar-refractivity contribution in [3.8, 4) is 0 Å². The lowest BCUT2D eigenvalue weighted by molar-refractivity contribution is -0.140. The van der Waals surface area contributed by atoms with Crippen molar-refractivity contribution in [1.82, 2.24) is 10.2 Å². The second-order valence-electron chi connectivity index (χ2n) is 10.6. The van der Waals surface area contributed by atoms with E-state index in [4.69, 9.17) is 0 Å². The van der Waals surface area contributed by atoms with Crippen LogP contribution in [0.3, 0.4) is 0 Å². The molecule has 40 heavy (non-hydrogen) atoms. The zero-order valence-corrected chi connectivity index (χ0v) is 25.4. The zero-order valence-electron chi connectivity index (χ0n) is 24.6. The fourth-order valence-electron chi connectivity index (χ4n) is 4.66. The van der Waals surface area contributed by atoms with Gasteiger partial charge in [-0.2, -0.15) is 0 Å². The maximum atomic E-state index is 14.2. The summed E-state index contributed by atoms with van der Waals surface area (Å²) >= 11 is 0. The second-order valence-corrected chi connectivity index (χ2v) is 12.5.